The van der Waals surface area contributed by atoms with Crippen LogP contribution < -0.4 is 0 Å². The first kappa shape index (κ1) is 11.7. The fraction of sp³-hybridized carbons (Fsp3) is 0.300. The highest BCUT2D eigenvalue weighted by molar-refractivity contribution is 9.10. The van der Waals surface area contributed by atoms with Gasteiger partial charge >= 0.3 is 0 Å². The zero-order chi connectivity index (χ0) is 10.7. The van der Waals surface area contributed by atoms with Crippen LogP contribution in [-0.4, -0.2) is 5.78 Å². The second kappa shape index (κ2) is 4.89. The van der Waals surface area contributed by atoms with Gasteiger partial charge in [0.05, 0.1) is 0 Å². The highest BCUT2D eigenvalue weighted by Crippen LogP contribution is 2.28. The Kier molecular flexibility index (Phi) is 4.08. The molecule has 0 amide bonds. The van der Waals surface area contributed by atoms with Gasteiger partial charge in [-0.2, -0.15) is 0 Å². The number of alkyl halides is 2. The average Bonchev–Trinajstić information content (AvgIpc) is 2.16. The first-order valence-electron chi connectivity index (χ1n) is 4.05. The van der Waals surface area contributed by atoms with Crippen LogP contribution in [-0.2, 0) is 11.5 Å². The first-order chi connectivity index (χ1) is 6.56. The zero-order valence-corrected chi connectivity index (χ0v) is 9.90. The van der Waals surface area contributed by atoms with Crippen LogP contribution in [0.3, 0.4) is 0 Å². The summed E-state index contributed by atoms with van der Waals surface area (Å²) in [5.74, 6) is -0.177. The van der Waals surface area contributed by atoms with E-state index in [4.69, 9.17) is 11.6 Å². The third kappa shape index (κ3) is 2.55. The smallest absolute Gasteiger partial charge is 0.152 e. The molecule has 0 aliphatic carbocycles. The minimum absolute atomic E-state index is 0.177. The van der Waals surface area contributed by atoms with E-state index in [-0.39, 0.29) is 5.78 Å². The lowest BCUT2D eigenvalue weighted by Gasteiger charge is -2.10. The van der Waals surface area contributed by atoms with E-state index in [1.54, 1.807) is 18.2 Å². The number of hydrogen-bond acceptors (Lipinski definition) is 1. The van der Waals surface area contributed by atoms with Crippen molar-refractivity contribution in [3.63, 3.8) is 0 Å². The number of benzene rings is 1. The minimum atomic E-state index is -0.756. The van der Waals surface area contributed by atoms with E-state index in [1.165, 1.54) is 6.92 Å². The van der Waals surface area contributed by atoms with Gasteiger partial charge in [-0.05, 0) is 30.2 Å². The van der Waals surface area contributed by atoms with Crippen LogP contribution in [0.2, 0.25) is 0 Å². The van der Waals surface area contributed by atoms with Gasteiger partial charge in [0, 0.05) is 4.47 Å². The summed E-state index contributed by atoms with van der Waals surface area (Å²) in [5, 5.41) is -0.756. The summed E-state index contributed by atoms with van der Waals surface area (Å²) in [5.41, 5.74) is 0.999. The number of hydrogen-bond donors (Lipinski definition) is 0. The summed E-state index contributed by atoms with van der Waals surface area (Å²) in [4.78, 5) is 11.0. The van der Waals surface area contributed by atoms with Gasteiger partial charge in [-0.3, -0.25) is 4.79 Å². The number of ketones is 1. The molecule has 76 valence electrons. The molecule has 1 atom stereocenters. The van der Waals surface area contributed by atoms with E-state index < -0.39 is 12.1 Å². The molecule has 0 spiro atoms. The third-order valence-corrected chi connectivity index (χ3v) is 2.91. The van der Waals surface area contributed by atoms with Crippen molar-refractivity contribution < 1.29 is 9.18 Å². The maximum Gasteiger partial charge on any atom is 0.152 e. The largest absolute Gasteiger partial charge is 0.298 e. The Balaban J connectivity index is 3.13. The van der Waals surface area contributed by atoms with Crippen molar-refractivity contribution in [2.45, 2.75) is 19.0 Å². The quantitative estimate of drug-likeness (QED) is 0.769. The number of carbonyl (C=O) groups is 1. The average molecular weight is 280 g/mol. The molecule has 4 heteroatoms. The van der Waals surface area contributed by atoms with Crippen LogP contribution in [0.5, 0.6) is 0 Å². The molecule has 0 radical (unpaired) electrons. The lowest BCUT2D eigenvalue weighted by atomic mass is 10.0. The first-order valence-corrected chi connectivity index (χ1v) is 5.28. The molecule has 0 fully saturated rings. The summed E-state index contributed by atoms with van der Waals surface area (Å²) >= 11 is 9.07. The van der Waals surface area contributed by atoms with E-state index in [0.29, 0.717) is 11.1 Å². The second-order valence-electron chi connectivity index (χ2n) is 2.95. The molecule has 1 unspecified atom stereocenters. The van der Waals surface area contributed by atoms with Gasteiger partial charge in [-0.15, -0.1) is 11.6 Å². The van der Waals surface area contributed by atoms with E-state index in [0.717, 1.165) is 4.47 Å². The Morgan fingerprint density at radius 2 is 2.29 bits per heavy atom. The topological polar surface area (TPSA) is 17.1 Å². The number of Topliss-reactive ketones (excluding diaryl/α,β-unsaturated/α-hetero) is 1. The van der Waals surface area contributed by atoms with Crippen molar-refractivity contribution in [2.24, 2.45) is 0 Å². The van der Waals surface area contributed by atoms with Gasteiger partial charge in [0.2, 0.25) is 0 Å². The predicted octanol–water partition coefficient (Wildman–Crippen LogP) is 3.79. The molecule has 0 aliphatic heterocycles. The van der Waals surface area contributed by atoms with Crippen LogP contribution >= 0.6 is 27.5 Å². The maximum atomic E-state index is 12.6. The van der Waals surface area contributed by atoms with Crippen LogP contribution in [0.4, 0.5) is 4.39 Å². The molecule has 0 bridgehead atoms. The minimum Gasteiger partial charge on any atom is -0.298 e. The SMILES string of the molecule is CC(=O)C(Cl)c1ccc(Br)cc1CF. The molecule has 1 rings (SSSR count). The lowest BCUT2D eigenvalue weighted by Crippen LogP contribution is -2.04. The zero-order valence-electron chi connectivity index (χ0n) is 7.56. The molecule has 1 aromatic rings. The second-order valence-corrected chi connectivity index (χ2v) is 4.30. The van der Waals surface area contributed by atoms with Gasteiger partial charge in [-0.1, -0.05) is 22.0 Å². The lowest BCUT2D eigenvalue weighted by molar-refractivity contribution is -0.116. The number of carbonyl (C=O) groups excluding carboxylic acids is 1. The van der Waals surface area contributed by atoms with Crippen molar-refractivity contribution >= 4 is 33.3 Å². The molecule has 0 heterocycles. The Bertz CT molecular complexity index is 354. The van der Waals surface area contributed by atoms with E-state index in [9.17, 15) is 9.18 Å². The standard InChI is InChI=1S/C10H9BrClFO/c1-6(14)10(12)9-3-2-8(11)4-7(9)5-13/h2-4,10H,5H2,1H3. The highest BCUT2D eigenvalue weighted by Gasteiger charge is 2.16. The molecule has 1 nitrogen and oxygen atoms in total. The van der Waals surface area contributed by atoms with E-state index >= 15 is 0 Å². The van der Waals surface area contributed by atoms with Gasteiger partial charge in [0.25, 0.3) is 0 Å². The summed E-state index contributed by atoms with van der Waals surface area (Å²) in [6.07, 6.45) is 0. The third-order valence-electron chi connectivity index (χ3n) is 1.88. The summed E-state index contributed by atoms with van der Waals surface area (Å²) < 4.78 is 13.4. The van der Waals surface area contributed by atoms with Crippen molar-refractivity contribution in [3.8, 4) is 0 Å². The summed E-state index contributed by atoms with van der Waals surface area (Å²) in [6, 6.07) is 5.04. The molecule has 0 aliphatic rings. The fourth-order valence-electron chi connectivity index (χ4n) is 1.16. The van der Waals surface area contributed by atoms with Crippen LogP contribution in [0, 0.1) is 0 Å². The molecule has 0 saturated carbocycles. The van der Waals surface area contributed by atoms with Crippen molar-refractivity contribution in [1.82, 2.24) is 0 Å². The van der Waals surface area contributed by atoms with Gasteiger partial charge in [0.1, 0.15) is 12.1 Å². The monoisotopic (exact) mass is 278 g/mol. The normalized spacial score (nSPS) is 12.6. The van der Waals surface area contributed by atoms with Crippen LogP contribution in [0.15, 0.2) is 22.7 Å². The van der Waals surface area contributed by atoms with Crippen LogP contribution in [0.1, 0.15) is 23.4 Å². The molecular weight excluding hydrogens is 270 g/mol. The Morgan fingerprint density at radius 3 is 2.79 bits per heavy atom. The van der Waals surface area contributed by atoms with E-state index in [2.05, 4.69) is 15.9 Å². The van der Waals surface area contributed by atoms with Crippen molar-refractivity contribution in [1.29, 1.82) is 0 Å². The van der Waals surface area contributed by atoms with Gasteiger partial charge < -0.3 is 0 Å². The molecule has 0 saturated heterocycles. The maximum absolute atomic E-state index is 12.6. The Morgan fingerprint density at radius 1 is 1.64 bits per heavy atom. The highest BCUT2D eigenvalue weighted by atomic mass is 79.9. The fourth-order valence-corrected chi connectivity index (χ4v) is 1.78. The number of halogens is 3. The van der Waals surface area contributed by atoms with Crippen molar-refractivity contribution in [2.75, 3.05) is 0 Å². The predicted molar refractivity (Wildman–Crippen MR) is 58.2 cm³/mol. The molecular formula is C10H9BrClFO. The summed E-state index contributed by atoms with van der Waals surface area (Å²) in [6.45, 7) is 0.771. The van der Waals surface area contributed by atoms with Gasteiger partial charge in [0.15, 0.2) is 5.78 Å². The van der Waals surface area contributed by atoms with Crippen molar-refractivity contribution in [3.05, 3.63) is 33.8 Å². The summed E-state index contributed by atoms with van der Waals surface area (Å²) in [7, 11) is 0. The molecule has 0 N–H and O–H groups in total. The Hall–Kier alpha value is -0.410. The van der Waals surface area contributed by atoms with Gasteiger partial charge in [-0.25, -0.2) is 4.39 Å². The molecule has 14 heavy (non-hydrogen) atoms. The number of rotatable bonds is 3. The Labute approximate surface area is 95.4 Å². The van der Waals surface area contributed by atoms with E-state index in [1.807, 2.05) is 0 Å². The molecule has 1 aromatic carbocycles. The van der Waals surface area contributed by atoms with Crippen LogP contribution in [0.25, 0.3) is 0 Å². The molecule has 0 aromatic heterocycles.